The number of anilines is 1. The lowest BCUT2D eigenvalue weighted by Crippen LogP contribution is -2.41. The third-order valence-electron chi connectivity index (χ3n) is 7.66. The molecule has 7 rings (SSSR count). The summed E-state index contributed by atoms with van der Waals surface area (Å²) in [6, 6.07) is 11.6. The third kappa shape index (κ3) is 4.86. The minimum absolute atomic E-state index is 0.114. The Morgan fingerprint density at radius 2 is 1.93 bits per heavy atom. The van der Waals surface area contributed by atoms with Crippen molar-refractivity contribution in [1.29, 1.82) is 0 Å². The van der Waals surface area contributed by atoms with E-state index >= 15 is 0 Å². The molecule has 43 heavy (non-hydrogen) atoms. The van der Waals surface area contributed by atoms with E-state index in [4.69, 9.17) is 34.5 Å². The van der Waals surface area contributed by atoms with Gasteiger partial charge in [0.1, 0.15) is 11.9 Å². The number of hydrogen-bond acceptors (Lipinski definition) is 10. The van der Waals surface area contributed by atoms with Crippen LogP contribution in [0.5, 0.6) is 23.0 Å². The first-order valence-electron chi connectivity index (χ1n) is 13.3. The fourth-order valence-corrected chi connectivity index (χ4v) is 5.49. The Labute approximate surface area is 243 Å². The van der Waals surface area contributed by atoms with Gasteiger partial charge in [-0.25, -0.2) is 4.79 Å². The van der Waals surface area contributed by atoms with Crippen LogP contribution < -0.4 is 34.9 Å². The zero-order valence-electron chi connectivity index (χ0n) is 23.2. The van der Waals surface area contributed by atoms with E-state index in [9.17, 15) is 18.7 Å². The van der Waals surface area contributed by atoms with Gasteiger partial charge < -0.3 is 39.6 Å². The summed E-state index contributed by atoms with van der Waals surface area (Å²) in [6.45, 7) is 0.426. The van der Waals surface area contributed by atoms with Gasteiger partial charge >= 0.3 is 11.6 Å². The summed E-state index contributed by atoms with van der Waals surface area (Å²) in [4.78, 5) is 14.7. The number of rotatable bonds is 4. The largest absolute Gasteiger partial charge is 0.493 e. The first kappa shape index (κ1) is 28.6. The zero-order chi connectivity index (χ0) is 30.5. The van der Waals surface area contributed by atoms with E-state index in [-0.39, 0.29) is 5.82 Å². The van der Waals surface area contributed by atoms with Crippen LogP contribution in [-0.2, 0) is 17.7 Å². The van der Waals surface area contributed by atoms with Crippen LogP contribution in [0, 0.1) is 0 Å². The van der Waals surface area contributed by atoms with Crippen molar-refractivity contribution < 1.29 is 47.2 Å². The Morgan fingerprint density at radius 1 is 1.16 bits per heavy atom. The van der Waals surface area contributed by atoms with Crippen molar-refractivity contribution in [2.24, 2.45) is 0 Å². The molecule has 0 spiro atoms. The van der Waals surface area contributed by atoms with E-state index in [1.54, 1.807) is 14.2 Å². The number of hydrogen-bond donors (Lipinski definition) is 3. The van der Waals surface area contributed by atoms with Crippen molar-refractivity contribution in [3.63, 3.8) is 0 Å². The number of aromatic nitrogens is 3. The smallest absolute Gasteiger partial charge is 0.351 e. The molecule has 0 unspecified atom stereocenters. The van der Waals surface area contributed by atoms with Crippen molar-refractivity contribution in [1.82, 2.24) is 9.55 Å². The average Bonchev–Trinajstić information content (AvgIpc) is 3.55. The van der Waals surface area contributed by atoms with Crippen LogP contribution in [0.4, 0.5) is 14.6 Å². The summed E-state index contributed by atoms with van der Waals surface area (Å²) in [7, 11) is 3.34. The Hall–Kier alpha value is -4.53. The highest BCUT2D eigenvalue weighted by Gasteiger charge is 2.59. The van der Waals surface area contributed by atoms with Gasteiger partial charge in [0.05, 0.1) is 31.8 Å². The Kier molecular flexibility index (Phi) is 7.28. The fourth-order valence-electron chi connectivity index (χ4n) is 5.49. The number of aryl methyl sites for hydroxylation is 2. The van der Waals surface area contributed by atoms with Crippen LogP contribution >= 0.6 is 0 Å². The number of nitrogens with two attached hydrogens (primary N) is 1. The van der Waals surface area contributed by atoms with Gasteiger partial charge in [0, 0.05) is 18.7 Å². The molecule has 4 N–H and O–H groups in total. The second-order valence-corrected chi connectivity index (χ2v) is 10.1. The Balaban J connectivity index is 0.000000163. The molecule has 0 radical (unpaired) electrons. The standard InChI is InChI=1S/C20H18NO4.C9H11F2N3O4/c1-22-17-4-3-12-7-16-14-9-19-18(24-11-25-19)8-13(14)5-6-21(16)10-15(12)20(17)23-2;10-9(11)6(16)4(3-15)18-7(9)14-2-1-5(12)13-8(14)17/h3-4,7-10H,5-6,11H2,1-2H3;1-2,4,6-7,15-16H,3H2,(H2,12,13,17)/q+1;/t;4-,6-,7-/m.1/s1. The van der Waals surface area contributed by atoms with Crippen molar-refractivity contribution in [3.8, 4) is 34.3 Å². The molecular formula is C29H29F2N4O8+. The number of nitrogens with zero attached hydrogens (tertiary/aromatic N) is 3. The number of pyridine rings is 1. The zero-order valence-corrected chi connectivity index (χ0v) is 23.2. The van der Waals surface area contributed by atoms with E-state index in [2.05, 4.69) is 40.0 Å². The summed E-state index contributed by atoms with van der Waals surface area (Å²) >= 11 is 0. The molecule has 3 aliphatic heterocycles. The van der Waals surface area contributed by atoms with Crippen LogP contribution in [-0.4, -0.2) is 65.5 Å². The highest BCUT2D eigenvalue weighted by Crippen LogP contribution is 2.43. The summed E-state index contributed by atoms with van der Waals surface area (Å²) in [5.74, 6) is -0.646. The molecule has 4 aromatic rings. The molecule has 12 nitrogen and oxygen atoms in total. The maximum atomic E-state index is 13.7. The number of aliphatic hydroxyl groups is 2. The highest BCUT2D eigenvalue weighted by molar-refractivity contribution is 5.91. The van der Waals surface area contributed by atoms with Gasteiger partial charge in [-0.15, -0.1) is 0 Å². The van der Waals surface area contributed by atoms with Crippen LogP contribution in [0.15, 0.2) is 53.6 Å². The number of alkyl halides is 2. The van der Waals surface area contributed by atoms with Crippen LogP contribution in [0.2, 0.25) is 0 Å². The number of aliphatic hydroxyl groups excluding tert-OH is 2. The van der Waals surface area contributed by atoms with Crippen LogP contribution in [0.3, 0.4) is 0 Å². The number of halogens is 2. The van der Waals surface area contributed by atoms with E-state index < -0.39 is 36.7 Å². The molecule has 226 valence electrons. The van der Waals surface area contributed by atoms with Gasteiger partial charge in [0.15, 0.2) is 41.8 Å². The minimum Gasteiger partial charge on any atom is -0.493 e. The van der Waals surface area contributed by atoms with Gasteiger partial charge in [-0.05, 0) is 41.3 Å². The van der Waals surface area contributed by atoms with E-state index in [1.807, 2.05) is 6.07 Å². The number of nitrogen functional groups attached to an aromatic ring is 1. The summed E-state index contributed by atoms with van der Waals surface area (Å²) < 4.78 is 57.1. The van der Waals surface area contributed by atoms with Gasteiger partial charge in [-0.3, -0.25) is 4.57 Å². The molecule has 0 bridgehead atoms. The topological polar surface area (TPSA) is 151 Å². The summed E-state index contributed by atoms with van der Waals surface area (Å²) in [5, 5.41) is 20.3. The van der Waals surface area contributed by atoms with Crippen molar-refractivity contribution in [2.75, 3.05) is 33.4 Å². The fraction of sp³-hybridized carbons (Fsp3) is 0.345. The number of methoxy groups -OCH3 is 2. The van der Waals surface area contributed by atoms with Gasteiger partial charge in [0.2, 0.25) is 18.7 Å². The quantitative estimate of drug-likeness (QED) is 0.296. The number of benzene rings is 2. The molecule has 5 heterocycles. The lowest BCUT2D eigenvalue weighted by atomic mass is 9.95. The first-order valence-corrected chi connectivity index (χ1v) is 13.3. The molecular weight excluding hydrogens is 570 g/mol. The minimum atomic E-state index is -3.71. The van der Waals surface area contributed by atoms with E-state index in [0.29, 0.717) is 11.4 Å². The van der Waals surface area contributed by atoms with Gasteiger partial charge in [-0.1, -0.05) is 0 Å². The van der Waals surface area contributed by atoms with E-state index in [1.165, 1.54) is 16.8 Å². The van der Waals surface area contributed by atoms with Crippen molar-refractivity contribution >= 4 is 16.6 Å². The molecule has 0 aliphatic carbocycles. The van der Waals surface area contributed by atoms with Gasteiger partial charge in [-0.2, -0.15) is 18.3 Å². The molecule has 0 amide bonds. The molecule has 1 fully saturated rings. The third-order valence-corrected chi connectivity index (χ3v) is 7.66. The molecule has 3 aliphatic rings. The second-order valence-electron chi connectivity index (χ2n) is 10.1. The van der Waals surface area contributed by atoms with Crippen LogP contribution in [0.25, 0.3) is 22.0 Å². The second kappa shape index (κ2) is 10.9. The molecule has 14 heteroatoms. The monoisotopic (exact) mass is 599 g/mol. The van der Waals surface area contributed by atoms with Gasteiger partial charge in [0.25, 0.3) is 0 Å². The molecule has 0 saturated carbocycles. The Morgan fingerprint density at radius 3 is 2.60 bits per heavy atom. The summed E-state index contributed by atoms with van der Waals surface area (Å²) in [5.41, 5.74) is 7.89. The lowest BCUT2D eigenvalue weighted by Gasteiger charge is -2.20. The SMILES string of the molecule is COc1ccc2cc3[n+](cc2c1OC)CCc1cc2c(cc1-3)OCO2.Nc1ccn([C@@H]2O[C@H](CO)[C@@H](O)C2(F)F)c(=O)n1. The normalized spacial score (nSPS) is 21.0. The Bertz CT molecular complexity index is 1770. The molecule has 2 aromatic heterocycles. The molecule has 3 atom stereocenters. The van der Waals surface area contributed by atoms with Crippen LogP contribution in [0.1, 0.15) is 11.8 Å². The lowest BCUT2D eigenvalue weighted by molar-refractivity contribution is -0.686. The van der Waals surface area contributed by atoms with Crippen molar-refractivity contribution in [3.05, 3.63) is 64.8 Å². The first-order chi connectivity index (χ1) is 20.7. The van der Waals surface area contributed by atoms with E-state index in [0.717, 1.165) is 59.0 Å². The highest BCUT2D eigenvalue weighted by atomic mass is 19.3. The predicted octanol–water partition coefficient (Wildman–Crippen LogP) is 1.81. The summed E-state index contributed by atoms with van der Waals surface area (Å²) in [6.07, 6.45) is -1.58. The molecule has 1 saturated heterocycles. The van der Waals surface area contributed by atoms with Crippen molar-refractivity contribution in [2.45, 2.75) is 37.3 Å². The molecule has 2 aromatic carbocycles. The maximum absolute atomic E-state index is 13.7. The number of ether oxygens (including phenoxy) is 5. The predicted molar refractivity (Wildman–Crippen MR) is 147 cm³/mol. The average molecular weight is 600 g/mol. The number of fused-ring (bicyclic) bond motifs is 5. The maximum Gasteiger partial charge on any atom is 0.351 e.